The zero-order chi connectivity index (χ0) is 13.8. The van der Waals surface area contributed by atoms with E-state index < -0.39 is 6.37 Å². The average Bonchev–Trinajstić information content (AvgIpc) is 2.28. The zero-order valence-corrected chi connectivity index (χ0v) is 10.8. The van der Waals surface area contributed by atoms with Gasteiger partial charge in [0.15, 0.2) is 0 Å². The number of rotatable bonds is 6. The molecule has 0 heterocycles. The molecule has 0 N–H and O–H groups in total. The number of ether oxygens (including phenoxy) is 1. The summed E-state index contributed by atoms with van der Waals surface area (Å²) >= 11 is 0. The Labute approximate surface area is 103 Å². The van der Waals surface area contributed by atoms with Gasteiger partial charge >= 0.3 is 0 Å². The predicted molar refractivity (Wildman–Crippen MR) is 69.9 cm³/mol. The Morgan fingerprint density at radius 3 is 2.56 bits per heavy atom. The summed E-state index contributed by atoms with van der Waals surface area (Å²) in [5.41, 5.74) is 0.694. The maximum absolute atomic E-state index is 8.07. The van der Waals surface area contributed by atoms with Crippen LogP contribution in [0.2, 0.25) is 0 Å². The maximum atomic E-state index is 8.07. The van der Waals surface area contributed by atoms with Crippen molar-refractivity contribution in [3.63, 3.8) is 0 Å². The van der Waals surface area contributed by atoms with Crippen LogP contribution in [0.15, 0.2) is 24.3 Å². The van der Waals surface area contributed by atoms with Gasteiger partial charge in [-0.05, 0) is 42.3 Å². The fourth-order valence-electron chi connectivity index (χ4n) is 1.42. The molecule has 90 valence electrons. The van der Waals surface area contributed by atoms with E-state index in [1.54, 1.807) is 0 Å². The molecule has 1 rings (SSSR count). The molecule has 0 aliphatic carbocycles. The summed E-state index contributed by atoms with van der Waals surface area (Å²) in [4.78, 5) is 0. The second kappa shape index (κ2) is 6.57. The van der Waals surface area contributed by atoms with E-state index in [1.165, 1.54) is 0 Å². The van der Waals surface area contributed by atoms with E-state index in [-0.39, 0.29) is 5.92 Å². The standard InChI is InChI=1S/C15H24O/c1-12(2)8-9-16-15-7-5-6-14(11-15)10-13(3)4/h5-7,11-13H,8-10H2,1-4H3/i10D2. The third-order valence-corrected chi connectivity index (χ3v) is 2.25. The molecular weight excluding hydrogens is 196 g/mol. The summed E-state index contributed by atoms with van der Waals surface area (Å²) in [5, 5.41) is 0. The van der Waals surface area contributed by atoms with Crippen molar-refractivity contribution in [2.45, 2.75) is 40.5 Å². The highest BCUT2D eigenvalue weighted by molar-refractivity contribution is 5.28. The second-order valence-corrected chi connectivity index (χ2v) is 4.86. The molecule has 0 amide bonds. The molecule has 0 spiro atoms. The van der Waals surface area contributed by atoms with E-state index >= 15 is 0 Å². The van der Waals surface area contributed by atoms with Crippen LogP contribution in [0.1, 0.15) is 42.4 Å². The molecule has 0 saturated heterocycles. The van der Waals surface area contributed by atoms with Crippen molar-refractivity contribution in [2.24, 2.45) is 11.8 Å². The van der Waals surface area contributed by atoms with E-state index in [9.17, 15) is 0 Å². The highest BCUT2D eigenvalue weighted by Crippen LogP contribution is 2.16. The first-order valence-electron chi connectivity index (χ1n) is 7.07. The number of hydrogen-bond acceptors (Lipinski definition) is 1. The Morgan fingerprint density at radius 1 is 1.19 bits per heavy atom. The Bertz CT molecular complexity index is 373. The highest BCUT2D eigenvalue weighted by atomic mass is 16.5. The van der Waals surface area contributed by atoms with Gasteiger partial charge in [-0.2, -0.15) is 0 Å². The lowest BCUT2D eigenvalue weighted by Gasteiger charge is -2.10. The molecule has 0 saturated carbocycles. The van der Waals surface area contributed by atoms with Crippen molar-refractivity contribution in [1.29, 1.82) is 0 Å². The van der Waals surface area contributed by atoms with Gasteiger partial charge in [0.05, 0.1) is 6.61 Å². The predicted octanol–water partition coefficient (Wildman–Crippen LogP) is 4.31. The third-order valence-electron chi connectivity index (χ3n) is 2.25. The number of hydrogen-bond donors (Lipinski definition) is 0. The highest BCUT2D eigenvalue weighted by Gasteiger charge is 2.00. The molecule has 1 aromatic carbocycles. The summed E-state index contributed by atoms with van der Waals surface area (Å²) in [6.45, 7) is 8.80. The summed E-state index contributed by atoms with van der Waals surface area (Å²) in [6, 6.07) is 7.40. The van der Waals surface area contributed by atoms with Crippen LogP contribution in [0.25, 0.3) is 0 Å². The Morgan fingerprint density at radius 2 is 1.94 bits per heavy atom. The van der Waals surface area contributed by atoms with Gasteiger partial charge in [0.1, 0.15) is 5.75 Å². The van der Waals surface area contributed by atoms with E-state index in [4.69, 9.17) is 7.48 Å². The molecule has 0 aliphatic heterocycles. The van der Waals surface area contributed by atoms with Crippen molar-refractivity contribution in [1.82, 2.24) is 0 Å². The second-order valence-electron chi connectivity index (χ2n) is 4.86. The van der Waals surface area contributed by atoms with Gasteiger partial charge in [0, 0.05) is 2.74 Å². The first kappa shape index (κ1) is 10.2. The SMILES string of the molecule is [2H]C([2H])(c1cccc(OCCC(C)C)c1)C(C)C. The van der Waals surface area contributed by atoms with E-state index in [1.807, 2.05) is 38.1 Å². The average molecular weight is 222 g/mol. The van der Waals surface area contributed by atoms with Gasteiger partial charge in [-0.1, -0.05) is 39.8 Å². The lowest BCUT2D eigenvalue weighted by Crippen LogP contribution is -2.02. The van der Waals surface area contributed by atoms with Crippen LogP contribution in [0.3, 0.4) is 0 Å². The van der Waals surface area contributed by atoms with Crippen LogP contribution < -0.4 is 4.74 Å². The van der Waals surface area contributed by atoms with Crippen LogP contribution >= 0.6 is 0 Å². The lowest BCUT2D eigenvalue weighted by molar-refractivity contribution is 0.289. The summed E-state index contributed by atoms with van der Waals surface area (Å²) in [7, 11) is 0. The van der Waals surface area contributed by atoms with Crippen molar-refractivity contribution >= 4 is 0 Å². The molecule has 1 nitrogen and oxygen atoms in total. The molecule has 0 radical (unpaired) electrons. The third kappa shape index (κ3) is 5.20. The van der Waals surface area contributed by atoms with E-state index in [2.05, 4.69) is 13.8 Å². The van der Waals surface area contributed by atoms with Gasteiger partial charge in [0.2, 0.25) is 0 Å². The first-order valence-corrected chi connectivity index (χ1v) is 6.07. The molecule has 16 heavy (non-hydrogen) atoms. The fourth-order valence-corrected chi connectivity index (χ4v) is 1.42. The van der Waals surface area contributed by atoms with Crippen molar-refractivity contribution in [2.75, 3.05) is 6.61 Å². The molecule has 1 aromatic rings. The molecule has 0 atom stereocenters. The molecule has 0 bridgehead atoms. The van der Waals surface area contributed by atoms with Crippen LogP contribution in [0.5, 0.6) is 5.75 Å². The molecule has 0 fully saturated rings. The summed E-state index contributed by atoms with van der Waals surface area (Å²) in [5.74, 6) is 1.33. The minimum absolute atomic E-state index is 0.0524. The minimum atomic E-state index is -1.31. The molecule has 1 heteroatoms. The van der Waals surface area contributed by atoms with Crippen LogP contribution in [0.4, 0.5) is 0 Å². The molecule has 0 aliphatic rings. The molecule has 0 unspecified atom stereocenters. The molecular formula is C15H24O. The van der Waals surface area contributed by atoms with Gasteiger partial charge in [-0.25, -0.2) is 0 Å². The van der Waals surface area contributed by atoms with Crippen LogP contribution in [-0.4, -0.2) is 6.61 Å². The van der Waals surface area contributed by atoms with Crippen LogP contribution in [-0.2, 0) is 6.37 Å². The van der Waals surface area contributed by atoms with Gasteiger partial charge in [0.25, 0.3) is 0 Å². The smallest absolute Gasteiger partial charge is 0.119 e. The van der Waals surface area contributed by atoms with Crippen molar-refractivity contribution in [3.8, 4) is 5.75 Å². The number of benzene rings is 1. The van der Waals surface area contributed by atoms with Gasteiger partial charge in [-0.3, -0.25) is 0 Å². The first-order chi connectivity index (χ1) is 8.34. The lowest BCUT2D eigenvalue weighted by atomic mass is 10.0. The Balaban J connectivity index is 2.73. The Kier molecular flexibility index (Phi) is 4.18. The van der Waals surface area contributed by atoms with Gasteiger partial charge in [-0.15, -0.1) is 0 Å². The van der Waals surface area contributed by atoms with Gasteiger partial charge < -0.3 is 4.74 Å². The normalized spacial score (nSPS) is 13.9. The Hall–Kier alpha value is -0.980. The van der Waals surface area contributed by atoms with Crippen molar-refractivity contribution in [3.05, 3.63) is 29.8 Å². The molecule has 0 aromatic heterocycles. The van der Waals surface area contributed by atoms with Crippen LogP contribution in [0, 0.1) is 11.8 Å². The minimum Gasteiger partial charge on any atom is -0.494 e. The zero-order valence-electron chi connectivity index (χ0n) is 12.8. The fraction of sp³-hybridized carbons (Fsp3) is 0.600. The topological polar surface area (TPSA) is 9.23 Å². The van der Waals surface area contributed by atoms with Crippen molar-refractivity contribution < 1.29 is 7.48 Å². The van der Waals surface area contributed by atoms with E-state index in [0.29, 0.717) is 18.1 Å². The summed E-state index contributed by atoms with van der Waals surface area (Å²) in [6.07, 6.45) is -0.293. The largest absolute Gasteiger partial charge is 0.494 e. The maximum Gasteiger partial charge on any atom is 0.119 e. The monoisotopic (exact) mass is 222 g/mol. The quantitative estimate of drug-likeness (QED) is 0.697. The summed E-state index contributed by atoms with van der Waals surface area (Å²) < 4.78 is 21.8. The van der Waals surface area contributed by atoms with E-state index in [0.717, 1.165) is 12.2 Å².